The first-order chi connectivity index (χ1) is 5.69. The Morgan fingerprint density at radius 2 is 2.50 bits per heavy atom. The Labute approximate surface area is 71.7 Å². The van der Waals surface area contributed by atoms with Crippen molar-refractivity contribution in [2.45, 2.75) is 19.4 Å². The van der Waals surface area contributed by atoms with Crippen molar-refractivity contribution in [2.24, 2.45) is 0 Å². The number of carbonyl (C=O) groups excluding carboxylic acids is 1. The molecule has 3 heteroatoms. The third-order valence-corrected chi connectivity index (χ3v) is 1.85. The molecule has 0 amide bonds. The average Bonchev–Trinajstić information content (AvgIpc) is 2.45. The van der Waals surface area contributed by atoms with Crippen LogP contribution in [0.1, 0.15) is 13.3 Å². The standard InChI is InChI=1S/C9H12O3/c1-4-7-5-8(6(2)12-7)9(10)11-3/h4,7H,1,5H2,2-3H3/t7-/m0/s1. The summed E-state index contributed by atoms with van der Waals surface area (Å²) in [6, 6.07) is 0. The topological polar surface area (TPSA) is 35.5 Å². The highest BCUT2D eigenvalue weighted by Crippen LogP contribution is 2.25. The highest BCUT2D eigenvalue weighted by Gasteiger charge is 2.26. The van der Waals surface area contributed by atoms with Crippen LogP contribution in [0.2, 0.25) is 0 Å². The van der Waals surface area contributed by atoms with Crippen molar-refractivity contribution >= 4 is 5.97 Å². The van der Waals surface area contributed by atoms with Crippen molar-refractivity contribution in [2.75, 3.05) is 7.11 Å². The summed E-state index contributed by atoms with van der Waals surface area (Å²) in [4.78, 5) is 11.1. The minimum Gasteiger partial charge on any atom is -0.490 e. The van der Waals surface area contributed by atoms with Crippen molar-refractivity contribution in [3.8, 4) is 0 Å². The smallest absolute Gasteiger partial charge is 0.337 e. The molecule has 0 fully saturated rings. The molecular weight excluding hydrogens is 156 g/mol. The number of rotatable bonds is 2. The predicted octanol–water partition coefficient (Wildman–Crippen LogP) is 1.41. The monoisotopic (exact) mass is 168 g/mol. The summed E-state index contributed by atoms with van der Waals surface area (Å²) in [5, 5.41) is 0. The normalized spacial score (nSPS) is 22.0. The van der Waals surface area contributed by atoms with Gasteiger partial charge in [-0.25, -0.2) is 4.79 Å². The van der Waals surface area contributed by atoms with E-state index in [0.29, 0.717) is 17.8 Å². The van der Waals surface area contributed by atoms with E-state index in [-0.39, 0.29) is 12.1 Å². The Hall–Kier alpha value is -1.25. The van der Waals surface area contributed by atoms with Gasteiger partial charge in [0.2, 0.25) is 0 Å². The van der Waals surface area contributed by atoms with Crippen molar-refractivity contribution in [3.63, 3.8) is 0 Å². The second kappa shape index (κ2) is 3.43. The van der Waals surface area contributed by atoms with Crippen LogP contribution < -0.4 is 0 Å². The molecule has 1 atom stereocenters. The maximum absolute atomic E-state index is 11.1. The zero-order valence-electron chi connectivity index (χ0n) is 7.29. The molecule has 0 aliphatic carbocycles. The second-order valence-corrected chi connectivity index (χ2v) is 2.62. The first-order valence-corrected chi connectivity index (χ1v) is 3.76. The summed E-state index contributed by atoms with van der Waals surface area (Å²) in [5.74, 6) is 0.337. The van der Waals surface area contributed by atoms with Crippen LogP contribution in [0.25, 0.3) is 0 Å². The molecule has 66 valence electrons. The van der Waals surface area contributed by atoms with E-state index in [2.05, 4.69) is 11.3 Å². The highest BCUT2D eigenvalue weighted by molar-refractivity contribution is 5.89. The third kappa shape index (κ3) is 1.49. The Morgan fingerprint density at radius 3 is 2.92 bits per heavy atom. The number of hydrogen-bond acceptors (Lipinski definition) is 3. The van der Waals surface area contributed by atoms with Gasteiger partial charge >= 0.3 is 5.97 Å². The maximum atomic E-state index is 11.1. The van der Waals surface area contributed by atoms with Crippen molar-refractivity contribution in [1.29, 1.82) is 0 Å². The molecule has 1 aliphatic heterocycles. The molecule has 0 spiro atoms. The minimum atomic E-state index is -0.308. The molecule has 0 unspecified atom stereocenters. The van der Waals surface area contributed by atoms with Gasteiger partial charge in [-0.05, 0) is 6.92 Å². The van der Waals surface area contributed by atoms with Crippen LogP contribution in [0.4, 0.5) is 0 Å². The van der Waals surface area contributed by atoms with E-state index in [4.69, 9.17) is 4.74 Å². The van der Waals surface area contributed by atoms with Crippen LogP contribution >= 0.6 is 0 Å². The lowest BCUT2D eigenvalue weighted by atomic mass is 10.1. The third-order valence-electron chi connectivity index (χ3n) is 1.85. The van der Waals surface area contributed by atoms with E-state index >= 15 is 0 Å². The van der Waals surface area contributed by atoms with Crippen molar-refractivity contribution in [3.05, 3.63) is 24.0 Å². The number of esters is 1. The van der Waals surface area contributed by atoms with Crippen LogP contribution in [0.15, 0.2) is 24.0 Å². The Kier molecular flexibility index (Phi) is 2.53. The van der Waals surface area contributed by atoms with Gasteiger partial charge in [0, 0.05) is 6.42 Å². The summed E-state index contributed by atoms with van der Waals surface area (Å²) in [7, 11) is 1.36. The molecule has 0 saturated carbocycles. The summed E-state index contributed by atoms with van der Waals surface area (Å²) in [5.41, 5.74) is 0.613. The highest BCUT2D eigenvalue weighted by atomic mass is 16.5. The molecular formula is C9H12O3. The summed E-state index contributed by atoms with van der Waals surface area (Å²) in [6.45, 7) is 5.35. The minimum absolute atomic E-state index is 0.0703. The first-order valence-electron chi connectivity index (χ1n) is 3.76. The lowest BCUT2D eigenvalue weighted by Gasteiger charge is -2.03. The Balaban J connectivity index is 2.72. The van der Waals surface area contributed by atoms with E-state index in [1.807, 2.05) is 0 Å². The first kappa shape index (κ1) is 8.84. The number of ether oxygens (including phenoxy) is 2. The molecule has 0 N–H and O–H groups in total. The zero-order valence-corrected chi connectivity index (χ0v) is 7.29. The van der Waals surface area contributed by atoms with Gasteiger partial charge in [0.25, 0.3) is 0 Å². The number of allylic oxidation sites excluding steroid dienone is 1. The molecule has 1 aliphatic rings. The van der Waals surface area contributed by atoms with Gasteiger partial charge in [0.05, 0.1) is 12.7 Å². The summed E-state index contributed by atoms with van der Waals surface area (Å²) in [6.07, 6.45) is 2.18. The summed E-state index contributed by atoms with van der Waals surface area (Å²) < 4.78 is 9.89. The van der Waals surface area contributed by atoms with Gasteiger partial charge in [-0.1, -0.05) is 12.7 Å². The number of methoxy groups -OCH3 is 1. The van der Waals surface area contributed by atoms with Crippen LogP contribution in [0.3, 0.4) is 0 Å². The molecule has 0 aromatic rings. The molecule has 1 rings (SSSR count). The molecule has 3 nitrogen and oxygen atoms in total. The van der Waals surface area contributed by atoms with E-state index in [0.717, 1.165) is 0 Å². The van der Waals surface area contributed by atoms with Gasteiger partial charge in [0.15, 0.2) is 0 Å². The number of hydrogen-bond donors (Lipinski definition) is 0. The van der Waals surface area contributed by atoms with Crippen LogP contribution in [-0.4, -0.2) is 19.2 Å². The average molecular weight is 168 g/mol. The fraction of sp³-hybridized carbons (Fsp3) is 0.444. The number of carbonyl (C=O) groups is 1. The fourth-order valence-corrected chi connectivity index (χ4v) is 1.17. The molecule has 12 heavy (non-hydrogen) atoms. The van der Waals surface area contributed by atoms with Crippen LogP contribution in [0.5, 0.6) is 0 Å². The van der Waals surface area contributed by atoms with E-state index in [1.165, 1.54) is 7.11 Å². The van der Waals surface area contributed by atoms with Crippen molar-refractivity contribution in [1.82, 2.24) is 0 Å². The lowest BCUT2D eigenvalue weighted by Crippen LogP contribution is -2.06. The Bertz CT molecular complexity index is 240. The van der Waals surface area contributed by atoms with E-state index in [1.54, 1.807) is 13.0 Å². The Morgan fingerprint density at radius 1 is 1.83 bits per heavy atom. The SMILES string of the molecule is C=C[C@H]1CC(C(=O)OC)=C(C)O1. The van der Waals surface area contributed by atoms with Gasteiger partial charge < -0.3 is 9.47 Å². The predicted molar refractivity (Wildman–Crippen MR) is 44.4 cm³/mol. The maximum Gasteiger partial charge on any atom is 0.337 e. The van der Waals surface area contributed by atoms with Crippen molar-refractivity contribution < 1.29 is 14.3 Å². The van der Waals surface area contributed by atoms with Crippen LogP contribution in [0, 0.1) is 0 Å². The summed E-state index contributed by atoms with van der Waals surface area (Å²) >= 11 is 0. The van der Waals surface area contributed by atoms with Gasteiger partial charge in [0.1, 0.15) is 11.9 Å². The van der Waals surface area contributed by atoms with Gasteiger partial charge in [-0.15, -0.1) is 0 Å². The van der Waals surface area contributed by atoms with E-state index in [9.17, 15) is 4.79 Å². The molecule has 0 aromatic heterocycles. The van der Waals surface area contributed by atoms with Gasteiger partial charge in [-0.2, -0.15) is 0 Å². The molecule has 0 radical (unpaired) electrons. The second-order valence-electron chi connectivity index (χ2n) is 2.62. The van der Waals surface area contributed by atoms with Crippen LogP contribution in [-0.2, 0) is 14.3 Å². The molecule has 0 aromatic carbocycles. The molecule has 0 saturated heterocycles. The molecule has 1 heterocycles. The van der Waals surface area contributed by atoms with Gasteiger partial charge in [-0.3, -0.25) is 0 Å². The van der Waals surface area contributed by atoms with E-state index < -0.39 is 0 Å². The quantitative estimate of drug-likeness (QED) is 0.462. The molecule has 0 bridgehead atoms. The zero-order chi connectivity index (χ0) is 9.14. The lowest BCUT2D eigenvalue weighted by molar-refractivity contribution is -0.136. The largest absolute Gasteiger partial charge is 0.490 e. The fourth-order valence-electron chi connectivity index (χ4n) is 1.17.